The second kappa shape index (κ2) is 8.04. The molecule has 0 aromatic heterocycles. The van der Waals surface area contributed by atoms with Crippen LogP contribution in [0, 0.1) is 0 Å². The van der Waals surface area contributed by atoms with Gasteiger partial charge in [0, 0.05) is 44.6 Å². The van der Waals surface area contributed by atoms with Gasteiger partial charge in [0.1, 0.15) is 0 Å². The third-order valence-corrected chi connectivity index (χ3v) is 4.58. The predicted octanol–water partition coefficient (Wildman–Crippen LogP) is 2.57. The Bertz CT molecular complexity index is 921. The largest absolute Gasteiger partial charge is 0.342 e. The van der Waals surface area contributed by atoms with Gasteiger partial charge in [-0.05, 0) is 42.0 Å². The first-order valence-electron chi connectivity index (χ1n) is 8.93. The molecular formula is C21H21N3O4. The SMILES string of the molecule is CC(=O)N(C)Cc1cccc(NC(=O)c2ccc(N3C(=O)CCC3=O)cc2)c1. The number of nitrogens with one attached hydrogen (secondary N) is 1. The first-order valence-corrected chi connectivity index (χ1v) is 8.93. The van der Waals surface area contributed by atoms with Crippen molar-refractivity contribution >= 4 is 35.0 Å². The molecule has 4 amide bonds. The zero-order valence-corrected chi connectivity index (χ0v) is 15.8. The molecule has 1 fully saturated rings. The lowest BCUT2D eigenvalue weighted by Crippen LogP contribution is -2.28. The lowest BCUT2D eigenvalue weighted by Gasteiger charge is -2.16. The van der Waals surface area contributed by atoms with Crippen LogP contribution in [0.1, 0.15) is 35.7 Å². The first kappa shape index (κ1) is 19.3. The summed E-state index contributed by atoms with van der Waals surface area (Å²) in [6, 6.07) is 13.6. The van der Waals surface area contributed by atoms with Crippen LogP contribution in [0.4, 0.5) is 11.4 Å². The number of carbonyl (C=O) groups is 4. The van der Waals surface area contributed by atoms with Crippen molar-refractivity contribution in [3.8, 4) is 0 Å². The Labute approximate surface area is 162 Å². The highest BCUT2D eigenvalue weighted by molar-refractivity contribution is 6.20. The lowest BCUT2D eigenvalue weighted by atomic mass is 10.1. The van der Waals surface area contributed by atoms with Gasteiger partial charge in [0.25, 0.3) is 5.91 Å². The average molecular weight is 379 g/mol. The number of benzene rings is 2. The topological polar surface area (TPSA) is 86.8 Å². The number of hydrogen-bond donors (Lipinski definition) is 1. The normalized spacial score (nSPS) is 13.6. The minimum atomic E-state index is -0.303. The van der Waals surface area contributed by atoms with Gasteiger partial charge in [-0.2, -0.15) is 0 Å². The Morgan fingerprint density at radius 1 is 1.04 bits per heavy atom. The molecule has 0 spiro atoms. The fourth-order valence-corrected chi connectivity index (χ4v) is 2.96. The molecule has 28 heavy (non-hydrogen) atoms. The summed E-state index contributed by atoms with van der Waals surface area (Å²) in [7, 11) is 1.71. The molecule has 0 radical (unpaired) electrons. The number of hydrogen-bond acceptors (Lipinski definition) is 4. The molecule has 0 unspecified atom stereocenters. The predicted molar refractivity (Wildman–Crippen MR) is 105 cm³/mol. The summed E-state index contributed by atoms with van der Waals surface area (Å²) in [5.41, 5.74) is 2.40. The maximum atomic E-state index is 12.5. The summed E-state index contributed by atoms with van der Waals surface area (Å²) in [5, 5.41) is 2.82. The van der Waals surface area contributed by atoms with E-state index in [1.165, 1.54) is 6.92 Å². The molecule has 1 aliphatic rings. The van der Waals surface area contributed by atoms with Crippen LogP contribution in [0.15, 0.2) is 48.5 Å². The highest BCUT2D eigenvalue weighted by atomic mass is 16.2. The summed E-state index contributed by atoms with van der Waals surface area (Å²) in [5.74, 6) is -0.795. The van der Waals surface area contributed by atoms with E-state index in [0.717, 1.165) is 10.5 Å². The van der Waals surface area contributed by atoms with Crippen molar-refractivity contribution in [2.45, 2.75) is 26.3 Å². The summed E-state index contributed by atoms with van der Waals surface area (Å²) in [4.78, 5) is 50.2. The molecule has 1 aliphatic heterocycles. The fourth-order valence-electron chi connectivity index (χ4n) is 2.96. The molecule has 7 heteroatoms. The van der Waals surface area contributed by atoms with Gasteiger partial charge >= 0.3 is 0 Å². The van der Waals surface area contributed by atoms with Crippen molar-refractivity contribution in [3.05, 3.63) is 59.7 Å². The lowest BCUT2D eigenvalue weighted by molar-refractivity contribution is -0.128. The first-order chi connectivity index (χ1) is 13.3. The molecule has 2 aromatic rings. The molecule has 144 valence electrons. The minimum Gasteiger partial charge on any atom is -0.342 e. The minimum absolute atomic E-state index is 0.0375. The standard InChI is InChI=1S/C21H21N3O4/c1-14(25)23(2)13-15-4-3-5-17(12-15)22-21(28)16-6-8-18(9-7-16)24-19(26)10-11-20(24)27/h3-9,12H,10-11,13H2,1-2H3,(H,22,28). The second-order valence-electron chi connectivity index (χ2n) is 6.70. The monoisotopic (exact) mass is 379 g/mol. The van der Waals surface area contributed by atoms with E-state index in [1.54, 1.807) is 42.3 Å². The Kier molecular flexibility index (Phi) is 5.54. The molecule has 1 saturated heterocycles. The molecule has 0 bridgehead atoms. The number of nitrogens with zero attached hydrogens (tertiary/aromatic N) is 2. The van der Waals surface area contributed by atoms with Crippen molar-refractivity contribution in [1.29, 1.82) is 0 Å². The van der Waals surface area contributed by atoms with Crippen LogP contribution in [0.5, 0.6) is 0 Å². The number of carbonyl (C=O) groups excluding carboxylic acids is 4. The van der Waals surface area contributed by atoms with Gasteiger partial charge in [-0.15, -0.1) is 0 Å². The smallest absolute Gasteiger partial charge is 0.255 e. The molecule has 3 rings (SSSR count). The van der Waals surface area contributed by atoms with Crippen LogP contribution in [0.2, 0.25) is 0 Å². The highest BCUT2D eigenvalue weighted by Gasteiger charge is 2.30. The van der Waals surface area contributed by atoms with Gasteiger partial charge < -0.3 is 10.2 Å². The Morgan fingerprint density at radius 3 is 2.29 bits per heavy atom. The number of rotatable bonds is 5. The molecule has 7 nitrogen and oxygen atoms in total. The summed E-state index contributed by atoms with van der Waals surface area (Å²) >= 11 is 0. The van der Waals surface area contributed by atoms with Crippen molar-refractivity contribution in [1.82, 2.24) is 4.90 Å². The van der Waals surface area contributed by atoms with Crippen molar-refractivity contribution in [2.24, 2.45) is 0 Å². The molecule has 2 aromatic carbocycles. The van der Waals surface area contributed by atoms with Crippen molar-refractivity contribution in [3.63, 3.8) is 0 Å². The van der Waals surface area contributed by atoms with E-state index in [9.17, 15) is 19.2 Å². The zero-order valence-electron chi connectivity index (χ0n) is 15.8. The molecule has 0 saturated carbocycles. The van der Waals surface area contributed by atoms with Crippen LogP contribution in [0.3, 0.4) is 0 Å². The van der Waals surface area contributed by atoms with Gasteiger partial charge in [-0.25, -0.2) is 0 Å². The number of imide groups is 1. The Hall–Kier alpha value is -3.48. The Morgan fingerprint density at radius 2 is 1.68 bits per heavy atom. The van der Waals surface area contributed by atoms with E-state index < -0.39 is 0 Å². The van der Waals surface area contributed by atoms with E-state index in [2.05, 4.69) is 5.32 Å². The van der Waals surface area contributed by atoms with Crippen LogP contribution in [-0.2, 0) is 20.9 Å². The summed E-state index contributed by atoms with van der Waals surface area (Å²) in [6.07, 6.45) is 0.437. The fraction of sp³-hybridized carbons (Fsp3) is 0.238. The van der Waals surface area contributed by atoms with E-state index in [0.29, 0.717) is 23.5 Å². The average Bonchev–Trinajstić information content (AvgIpc) is 3.00. The maximum absolute atomic E-state index is 12.5. The maximum Gasteiger partial charge on any atom is 0.255 e. The molecule has 0 aliphatic carbocycles. The third-order valence-electron chi connectivity index (χ3n) is 4.58. The Balaban J connectivity index is 1.69. The van der Waals surface area contributed by atoms with Gasteiger partial charge in [0.2, 0.25) is 17.7 Å². The molecular weight excluding hydrogens is 358 g/mol. The quantitative estimate of drug-likeness (QED) is 0.809. The molecule has 1 N–H and O–H groups in total. The van der Waals surface area contributed by atoms with Crippen molar-refractivity contribution < 1.29 is 19.2 Å². The summed E-state index contributed by atoms with van der Waals surface area (Å²) in [6.45, 7) is 1.95. The van der Waals surface area contributed by atoms with Crippen LogP contribution in [-0.4, -0.2) is 35.6 Å². The van der Waals surface area contributed by atoms with Gasteiger partial charge in [-0.3, -0.25) is 24.1 Å². The van der Waals surface area contributed by atoms with Gasteiger partial charge in [0.15, 0.2) is 0 Å². The van der Waals surface area contributed by atoms with Crippen molar-refractivity contribution in [2.75, 3.05) is 17.3 Å². The zero-order chi connectivity index (χ0) is 20.3. The van der Waals surface area contributed by atoms with Crippen LogP contribution in [0.25, 0.3) is 0 Å². The van der Waals surface area contributed by atoms with Gasteiger partial charge in [-0.1, -0.05) is 12.1 Å². The number of amides is 4. The van der Waals surface area contributed by atoms with E-state index in [4.69, 9.17) is 0 Å². The highest BCUT2D eigenvalue weighted by Crippen LogP contribution is 2.23. The second-order valence-corrected chi connectivity index (χ2v) is 6.70. The third kappa shape index (κ3) is 4.25. The molecule has 1 heterocycles. The van der Waals surface area contributed by atoms with Gasteiger partial charge in [0.05, 0.1) is 5.69 Å². The summed E-state index contributed by atoms with van der Waals surface area (Å²) < 4.78 is 0. The van der Waals surface area contributed by atoms with Crippen LogP contribution < -0.4 is 10.2 Å². The van der Waals surface area contributed by atoms with Crippen LogP contribution >= 0.6 is 0 Å². The van der Waals surface area contributed by atoms with E-state index in [1.807, 2.05) is 18.2 Å². The molecule has 0 atom stereocenters. The van der Waals surface area contributed by atoms with E-state index in [-0.39, 0.29) is 36.5 Å². The number of anilines is 2. The van der Waals surface area contributed by atoms with E-state index >= 15 is 0 Å².